The van der Waals surface area contributed by atoms with E-state index < -0.39 is 6.04 Å². The number of hydrogen-bond donors (Lipinski definition) is 1. The Kier molecular flexibility index (Phi) is 3.47. The second kappa shape index (κ2) is 4.89. The van der Waals surface area contributed by atoms with Gasteiger partial charge in [-0.1, -0.05) is 18.5 Å². The van der Waals surface area contributed by atoms with Crippen molar-refractivity contribution in [2.24, 2.45) is 0 Å². The fraction of sp³-hybridized carbons (Fsp3) is 0.455. The van der Waals surface area contributed by atoms with Crippen LogP contribution in [0.15, 0.2) is 6.33 Å². The number of hydrogen-bond acceptors (Lipinski definition) is 5. The topological polar surface area (TPSA) is 75.2 Å². The third kappa shape index (κ3) is 2.15. The van der Waals surface area contributed by atoms with Crippen molar-refractivity contribution in [3.63, 3.8) is 0 Å². The van der Waals surface area contributed by atoms with E-state index in [2.05, 4.69) is 15.3 Å². The van der Waals surface area contributed by atoms with Crippen LogP contribution >= 0.6 is 11.6 Å². The fourth-order valence-electron chi connectivity index (χ4n) is 2.00. The molecule has 2 amide bonds. The predicted molar refractivity (Wildman–Crippen MR) is 66.4 cm³/mol. The SMILES string of the molecule is CCC1C(=O)NC(=O)CN1c1ncnc(Cl)c1C. The second-order valence-electron chi connectivity index (χ2n) is 4.08. The average molecular weight is 269 g/mol. The molecule has 0 aliphatic carbocycles. The summed E-state index contributed by atoms with van der Waals surface area (Å²) in [6.07, 6.45) is 1.91. The highest BCUT2D eigenvalue weighted by Crippen LogP contribution is 2.25. The van der Waals surface area contributed by atoms with Gasteiger partial charge in [0, 0.05) is 5.56 Å². The molecule has 0 spiro atoms. The molecule has 1 atom stereocenters. The first-order chi connectivity index (χ1) is 8.54. The van der Waals surface area contributed by atoms with Crippen molar-refractivity contribution < 1.29 is 9.59 Å². The minimum Gasteiger partial charge on any atom is -0.335 e. The molecular formula is C11H13ClN4O2. The zero-order chi connectivity index (χ0) is 13.3. The summed E-state index contributed by atoms with van der Waals surface area (Å²) in [6, 6.07) is -0.410. The first kappa shape index (κ1) is 12.8. The van der Waals surface area contributed by atoms with E-state index in [1.54, 1.807) is 11.8 Å². The average Bonchev–Trinajstić information content (AvgIpc) is 2.32. The summed E-state index contributed by atoms with van der Waals surface area (Å²) >= 11 is 5.93. The first-order valence-electron chi connectivity index (χ1n) is 5.62. The van der Waals surface area contributed by atoms with Gasteiger partial charge in [-0.05, 0) is 13.3 Å². The van der Waals surface area contributed by atoms with Gasteiger partial charge in [0.15, 0.2) is 0 Å². The monoisotopic (exact) mass is 268 g/mol. The van der Waals surface area contributed by atoms with Crippen LogP contribution < -0.4 is 10.2 Å². The van der Waals surface area contributed by atoms with Crippen molar-refractivity contribution in [3.8, 4) is 0 Å². The van der Waals surface area contributed by atoms with Gasteiger partial charge in [0.05, 0.1) is 6.54 Å². The van der Waals surface area contributed by atoms with E-state index in [1.165, 1.54) is 6.33 Å². The largest absolute Gasteiger partial charge is 0.335 e. The normalized spacial score (nSPS) is 19.9. The van der Waals surface area contributed by atoms with Crippen molar-refractivity contribution in [2.45, 2.75) is 26.3 Å². The number of piperazine rings is 1. The van der Waals surface area contributed by atoms with E-state index >= 15 is 0 Å². The molecular weight excluding hydrogens is 256 g/mol. The Labute approximate surface area is 109 Å². The van der Waals surface area contributed by atoms with Crippen LogP contribution in [0.5, 0.6) is 0 Å². The molecule has 0 radical (unpaired) electrons. The van der Waals surface area contributed by atoms with E-state index in [4.69, 9.17) is 11.6 Å². The molecule has 96 valence electrons. The van der Waals surface area contributed by atoms with Crippen molar-refractivity contribution >= 4 is 29.2 Å². The number of aromatic nitrogens is 2. The molecule has 6 nitrogen and oxygen atoms in total. The first-order valence-corrected chi connectivity index (χ1v) is 5.99. The van der Waals surface area contributed by atoms with E-state index in [9.17, 15) is 9.59 Å². The molecule has 1 unspecified atom stereocenters. The van der Waals surface area contributed by atoms with Crippen molar-refractivity contribution in [3.05, 3.63) is 17.0 Å². The molecule has 18 heavy (non-hydrogen) atoms. The molecule has 0 aromatic carbocycles. The number of halogens is 1. The maximum Gasteiger partial charge on any atom is 0.249 e. The van der Waals surface area contributed by atoms with Gasteiger partial charge in [-0.25, -0.2) is 9.97 Å². The molecule has 1 fully saturated rings. The minimum atomic E-state index is -0.410. The molecule has 7 heteroatoms. The van der Waals surface area contributed by atoms with Crippen LogP contribution in [0.2, 0.25) is 5.15 Å². The lowest BCUT2D eigenvalue weighted by Gasteiger charge is -2.34. The Hall–Kier alpha value is -1.69. The number of amides is 2. The Morgan fingerprint density at radius 2 is 2.22 bits per heavy atom. The van der Waals surface area contributed by atoms with Crippen LogP contribution in [0.4, 0.5) is 5.82 Å². The van der Waals surface area contributed by atoms with Crippen molar-refractivity contribution in [1.29, 1.82) is 0 Å². The van der Waals surface area contributed by atoms with Gasteiger partial charge in [-0.15, -0.1) is 0 Å². The smallest absolute Gasteiger partial charge is 0.249 e. The lowest BCUT2D eigenvalue weighted by molar-refractivity contribution is -0.132. The van der Waals surface area contributed by atoms with Crippen LogP contribution in [0, 0.1) is 6.92 Å². The van der Waals surface area contributed by atoms with Crippen molar-refractivity contribution in [1.82, 2.24) is 15.3 Å². The molecule has 1 aliphatic heterocycles. The van der Waals surface area contributed by atoms with Gasteiger partial charge in [0.25, 0.3) is 0 Å². The summed E-state index contributed by atoms with van der Waals surface area (Å²) in [4.78, 5) is 32.9. The number of rotatable bonds is 2. The molecule has 2 heterocycles. The summed E-state index contributed by atoms with van der Waals surface area (Å²) in [5.74, 6) is -0.105. The predicted octanol–water partition coefficient (Wildman–Crippen LogP) is 0.680. The summed E-state index contributed by atoms with van der Waals surface area (Å²) in [5, 5.41) is 2.65. The highest BCUT2D eigenvalue weighted by atomic mass is 35.5. The second-order valence-corrected chi connectivity index (χ2v) is 4.44. The Bertz CT molecular complexity index is 506. The highest BCUT2D eigenvalue weighted by Gasteiger charge is 2.34. The Morgan fingerprint density at radius 3 is 2.89 bits per heavy atom. The lowest BCUT2D eigenvalue weighted by atomic mass is 10.1. The van der Waals surface area contributed by atoms with E-state index in [0.717, 1.165) is 0 Å². The Balaban J connectivity index is 2.43. The van der Waals surface area contributed by atoms with Crippen LogP contribution in [-0.2, 0) is 9.59 Å². The third-order valence-electron chi connectivity index (χ3n) is 2.91. The number of carbonyl (C=O) groups is 2. The lowest BCUT2D eigenvalue weighted by Crippen LogP contribution is -2.58. The van der Waals surface area contributed by atoms with Gasteiger partial charge < -0.3 is 4.90 Å². The van der Waals surface area contributed by atoms with E-state index in [-0.39, 0.29) is 18.4 Å². The highest BCUT2D eigenvalue weighted by molar-refractivity contribution is 6.30. The van der Waals surface area contributed by atoms with Crippen LogP contribution in [-0.4, -0.2) is 34.4 Å². The van der Waals surface area contributed by atoms with Crippen molar-refractivity contribution in [2.75, 3.05) is 11.4 Å². The molecule has 0 bridgehead atoms. The van der Waals surface area contributed by atoms with Crippen LogP contribution in [0.25, 0.3) is 0 Å². The molecule has 1 aromatic heterocycles. The number of nitrogens with zero attached hydrogens (tertiary/aromatic N) is 3. The van der Waals surface area contributed by atoms with Crippen LogP contribution in [0.1, 0.15) is 18.9 Å². The quantitative estimate of drug-likeness (QED) is 0.631. The summed E-state index contributed by atoms with van der Waals surface area (Å²) in [5.41, 5.74) is 0.667. The molecule has 2 rings (SSSR count). The summed E-state index contributed by atoms with van der Waals surface area (Å²) in [6.45, 7) is 3.74. The zero-order valence-electron chi connectivity index (χ0n) is 10.1. The third-order valence-corrected chi connectivity index (χ3v) is 3.29. The van der Waals surface area contributed by atoms with Gasteiger partial charge in [0.2, 0.25) is 11.8 Å². The zero-order valence-corrected chi connectivity index (χ0v) is 10.9. The van der Waals surface area contributed by atoms with Gasteiger partial charge in [0.1, 0.15) is 23.3 Å². The molecule has 1 aromatic rings. The summed E-state index contributed by atoms with van der Waals surface area (Å²) < 4.78 is 0. The minimum absolute atomic E-state index is 0.0957. The molecule has 1 N–H and O–H groups in total. The van der Waals surface area contributed by atoms with E-state index in [1.807, 2.05) is 6.92 Å². The van der Waals surface area contributed by atoms with Gasteiger partial charge in [-0.2, -0.15) is 0 Å². The number of carbonyl (C=O) groups excluding carboxylic acids is 2. The standard InChI is InChI=1S/C11H13ClN4O2/c1-3-7-11(18)15-8(17)4-16(7)10-6(2)9(12)13-5-14-10/h5,7H,3-4H2,1-2H3,(H,15,17,18). The number of anilines is 1. The van der Waals surface area contributed by atoms with Crippen LogP contribution in [0.3, 0.4) is 0 Å². The Morgan fingerprint density at radius 1 is 1.50 bits per heavy atom. The molecule has 1 saturated heterocycles. The van der Waals surface area contributed by atoms with Gasteiger partial charge >= 0.3 is 0 Å². The number of imide groups is 1. The molecule has 0 saturated carbocycles. The van der Waals surface area contributed by atoms with E-state index in [0.29, 0.717) is 23.0 Å². The van der Waals surface area contributed by atoms with Gasteiger partial charge in [-0.3, -0.25) is 14.9 Å². The summed E-state index contributed by atoms with van der Waals surface area (Å²) in [7, 11) is 0. The number of nitrogens with one attached hydrogen (secondary N) is 1. The maximum absolute atomic E-state index is 11.8. The maximum atomic E-state index is 11.8. The fourth-order valence-corrected chi connectivity index (χ4v) is 2.13. The molecule has 1 aliphatic rings.